The zero-order valence-electron chi connectivity index (χ0n) is 28.2. The van der Waals surface area contributed by atoms with Crippen LogP contribution in [0.4, 0.5) is 11.4 Å². The van der Waals surface area contributed by atoms with E-state index in [0.29, 0.717) is 84.1 Å². The van der Waals surface area contributed by atoms with Crippen LogP contribution in [0.15, 0.2) is 95.4 Å². The Bertz CT molecular complexity index is 2640. The number of H-pyrrole nitrogens is 4. The van der Waals surface area contributed by atoms with Gasteiger partial charge in [-0.2, -0.15) is 20.2 Å². The van der Waals surface area contributed by atoms with Crippen LogP contribution in [0, 0.1) is 0 Å². The van der Waals surface area contributed by atoms with E-state index < -0.39 is 23.8 Å². The lowest BCUT2D eigenvalue weighted by Gasteiger charge is -2.15. The maximum Gasteiger partial charge on any atom is 0.323 e. The average Bonchev–Trinajstić information content (AvgIpc) is 3.95. The van der Waals surface area contributed by atoms with Gasteiger partial charge in [0, 0.05) is 13.8 Å². The fraction of sp³-hybridized carbons (Fsp3) is 0.118. The van der Waals surface area contributed by atoms with Crippen molar-refractivity contribution >= 4 is 116 Å². The van der Waals surface area contributed by atoms with E-state index in [9.17, 15) is 28.8 Å². The topological polar surface area (TPSA) is 215 Å². The fourth-order valence-electron chi connectivity index (χ4n) is 6.22. The summed E-state index contributed by atoms with van der Waals surface area (Å²) in [6, 6.07) is 9.98. The zero-order valence-corrected chi connectivity index (χ0v) is 31.4. The summed E-state index contributed by atoms with van der Waals surface area (Å²) in [4.78, 5) is 89.3. The number of thioether (sulfide) groups is 4. The molecule has 20 heteroatoms. The number of carbonyl (C=O) groups is 4. The normalized spacial score (nSPS) is 16.6. The van der Waals surface area contributed by atoms with Gasteiger partial charge in [0.05, 0.1) is 84.1 Å². The summed E-state index contributed by atoms with van der Waals surface area (Å²) >= 11 is 4.73. The number of aromatic amines is 4. The molecule has 3 aromatic carbocycles. The summed E-state index contributed by atoms with van der Waals surface area (Å²) in [7, 11) is 0. The Morgan fingerprint density at radius 3 is 1.28 bits per heavy atom. The third-order valence-electron chi connectivity index (χ3n) is 8.44. The number of esters is 2. The number of hydrazone groups is 2. The molecule has 270 valence electrons. The molecule has 4 aliphatic heterocycles. The lowest BCUT2D eigenvalue weighted by Crippen LogP contribution is -2.21. The van der Waals surface area contributed by atoms with Crippen LogP contribution in [-0.4, -0.2) is 55.1 Å². The molecule has 0 saturated carbocycles. The Balaban J connectivity index is 1.10. The second kappa shape index (κ2) is 12.4. The smallest absolute Gasteiger partial charge is 0.323 e. The van der Waals surface area contributed by atoms with Crippen LogP contribution in [0.5, 0.6) is 11.5 Å². The van der Waals surface area contributed by atoms with Crippen LogP contribution < -0.4 is 30.9 Å². The average molecular weight is 799 g/mol. The third kappa shape index (κ3) is 5.43. The van der Waals surface area contributed by atoms with E-state index in [1.165, 1.54) is 70.9 Å². The molecule has 4 N–H and O–H groups in total. The SMILES string of the molecule is CC(=O)Oc1c2c(c(OC(C)=O)c3c1SC(=C1C(=O)N(c4ccc5[nH]c(=O)[nH]c5c4)N=C1C)S3)SC(=C1C(=O)N(c3ccc4[nH]c(=O)[nH]c4c3)N=C1C)S2. The quantitative estimate of drug-likeness (QED) is 0.100. The second-order valence-corrected chi connectivity index (χ2v) is 16.7. The minimum Gasteiger partial charge on any atom is -0.424 e. The van der Waals surface area contributed by atoms with E-state index >= 15 is 0 Å². The molecule has 0 bridgehead atoms. The molecule has 0 unspecified atom stereocenters. The Kier molecular flexibility index (Phi) is 7.85. The molecular formula is C34H22N8O8S4. The maximum atomic E-state index is 14.0. The van der Waals surface area contributed by atoms with Crippen molar-refractivity contribution in [2.75, 3.05) is 10.0 Å². The number of carbonyl (C=O) groups excluding carboxylic acids is 4. The van der Waals surface area contributed by atoms with Gasteiger partial charge in [0.2, 0.25) is 0 Å². The van der Waals surface area contributed by atoms with Crippen molar-refractivity contribution in [1.82, 2.24) is 19.9 Å². The van der Waals surface area contributed by atoms with E-state index in [0.717, 1.165) is 0 Å². The van der Waals surface area contributed by atoms with E-state index in [1.807, 2.05) is 0 Å². The number of hydrogen-bond acceptors (Lipinski definition) is 14. The van der Waals surface area contributed by atoms with Crippen LogP contribution in [0.2, 0.25) is 0 Å². The standard InChI is InChI=1S/C34H22N8O8S4/c1-11-21(29(45)41(39-11)15-5-7-17-19(9-15)37-33(47)35-17)31-51-25-23(49-13(3)43)27-28(24(26(25)52-31)50-14(4)44)54-32(53-27)22-12(2)40-42(30(22)46)16-6-8-18-20(10-16)38-34(48)36-18/h5-10H,1-4H3,(H2,35,37,47)(H2,36,38,48). The minimum atomic E-state index is -0.601. The number of imidazole rings is 2. The van der Waals surface area contributed by atoms with Gasteiger partial charge in [0.25, 0.3) is 11.8 Å². The largest absolute Gasteiger partial charge is 0.424 e. The molecule has 5 aromatic rings. The van der Waals surface area contributed by atoms with Crippen molar-refractivity contribution in [2.45, 2.75) is 47.3 Å². The summed E-state index contributed by atoms with van der Waals surface area (Å²) in [5.41, 5.74) is 3.78. The van der Waals surface area contributed by atoms with Gasteiger partial charge < -0.3 is 29.4 Å². The number of nitrogens with one attached hydrogen (secondary N) is 4. The number of benzene rings is 3. The van der Waals surface area contributed by atoms with Crippen LogP contribution in [0.25, 0.3) is 22.1 Å². The van der Waals surface area contributed by atoms with Gasteiger partial charge >= 0.3 is 23.3 Å². The Morgan fingerprint density at radius 2 is 0.926 bits per heavy atom. The van der Waals surface area contributed by atoms with Gasteiger partial charge in [-0.25, -0.2) is 9.59 Å². The number of anilines is 2. The molecule has 2 amide bonds. The molecular weight excluding hydrogens is 777 g/mol. The van der Waals surface area contributed by atoms with Crippen LogP contribution in [0.3, 0.4) is 0 Å². The molecule has 0 fully saturated rings. The molecule has 9 rings (SSSR count). The predicted molar refractivity (Wildman–Crippen MR) is 206 cm³/mol. The van der Waals surface area contributed by atoms with Crippen molar-refractivity contribution in [3.63, 3.8) is 0 Å². The predicted octanol–water partition coefficient (Wildman–Crippen LogP) is 5.54. The van der Waals surface area contributed by atoms with Crippen LogP contribution >= 0.6 is 47.0 Å². The van der Waals surface area contributed by atoms with Crippen molar-refractivity contribution in [3.05, 3.63) is 77.0 Å². The monoisotopic (exact) mass is 798 g/mol. The van der Waals surface area contributed by atoms with Gasteiger partial charge in [-0.3, -0.25) is 19.2 Å². The maximum absolute atomic E-state index is 14.0. The summed E-state index contributed by atoms with van der Waals surface area (Å²) < 4.78 is 12.7. The minimum absolute atomic E-state index is 0.196. The van der Waals surface area contributed by atoms with E-state index in [1.54, 1.807) is 50.2 Å². The lowest BCUT2D eigenvalue weighted by molar-refractivity contribution is -0.133. The van der Waals surface area contributed by atoms with Crippen molar-refractivity contribution < 1.29 is 28.7 Å². The first-order chi connectivity index (χ1) is 25.8. The number of hydrogen-bond donors (Lipinski definition) is 4. The first-order valence-electron chi connectivity index (χ1n) is 15.9. The number of rotatable bonds is 4. The summed E-state index contributed by atoms with van der Waals surface area (Å²) in [5, 5.41) is 11.5. The summed E-state index contributed by atoms with van der Waals surface area (Å²) in [6.45, 7) is 5.94. The molecule has 0 spiro atoms. The van der Waals surface area contributed by atoms with Gasteiger partial charge in [0.15, 0.2) is 11.5 Å². The summed E-state index contributed by atoms with van der Waals surface area (Å²) in [5.74, 6) is -1.64. The van der Waals surface area contributed by atoms with E-state index in [-0.39, 0.29) is 22.9 Å². The molecule has 0 atom stereocenters. The van der Waals surface area contributed by atoms with Gasteiger partial charge in [-0.15, -0.1) is 0 Å². The number of amides is 2. The van der Waals surface area contributed by atoms with Gasteiger partial charge in [-0.05, 0) is 50.2 Å². The number of aromatic nitrogens is 4. The summed E-state index contributed by atoms with van der Waals surface area (Å²) in [6.07, 6.45) is 0. The van der Waals surface area contributed by atoms with Crippen molar-refractivity contribution in [2.24, 2.45) is 10.2 Å². The first-order valence-corrected chi connectivity index (χ1v) is 19.2. The first kappa shape index (κ1) is 34.1. The van der Waals surface area contributed by atoms with Gasteiger partial charge in [-0.1, -0.05) is 47.0 Å². The molecule has 6 heterocycles. The van der Waals surface area contributed by atoms with Crippen molar-refractivity contribution in [1.29, 1.82) is 0 Å². The Labute approximate surface area is 318 Å². The van der Waals surface area contributed by atoms with Crippen LogP contribution in [0.1, 0.15) is 27.7 Å². The molecule has 54 heavy (non-hydrogen) atoms. The number of ether oxygens (including phenoxy) is 2. The lowest BCUT2D eigenvalue weighted by atomic mass is 10.2. The molecule has 0 aliphatic carbocycles. The number of fused-ring (bicyclic) bond motifs is 4. The zero-order chi connectivity index (χ0) is 37.7. The highest BCUT2D eigenvalue weighted by atomic mass is 32.2. The Morgan fingerprint density at radius 1 is 0.574 bits per heavy atom. The number of nitrogens with zero attached hydrogens (tertiary/aromatic N) is 4. The van der Waals surface area contributed by atoms with Crippen LogP contribution in [-0.2, 0) is 19.2 Å². The van der Waals surface area contributed by atoms with E-state index in [4.69, 9.17) is 9.47 Å². The van der Waals surface area contributed by atoms with Gasteiger partial charge in [0.1, 0.15) is 0 Å². The third-order valence-corrected chi connectivity index (χ3v) is 13.6. The molecule has 16 nitrogen and oxygen atoms in total. The fourth-order valence-corrected chi connectivity index (χ4v) is 12.0. The highest BCUT2D eigenvalue weighted by Crippen LogP contribution is 2.69. The molecule has 2 aromatic heterocycles. The molecule has 4 aliphatic rings. The second-order valence-electron chi connectivity index (χ2n) is 12.1. The Hall–Kier alpha value is -5.70. The highest BCUT2D eigenvalue weighted by molar-refractivity contribution is 8.26. The molecule has 0 saturated heterocycles. The van der Waals surface area contributed by atoms with E-state index in [2.05, 4.69) is 30.1 Å². The molecule has 0 radical (unpaired) electrons. The highest BCUT2D eigenvalue weighted by Gasteiger charge is 2.43. The van der Waals surface area contributed by atoms with Crippen molar-refractivity contribution in [3.8, 4) is 11.5 Å².